The molecule has 0 bridgehead atoms. The van der Waals surface area contributed by atoms with Crippen molar-refractivity contribution in [2.75, 3.05) is 22.4 Å². The average molecular weight is 455 g/mol. The Morgan fingerprint density at radius 1 is 1.03 bits per heavy atom. The van der Waals surface area contributed by atoms with Crippen LogP contribution in [0.2, 0.25) is 0 Å². The van der Waals surface area contributed by atoms with E-state index in [2.05, 4.69) is 17.4 Å². The van der Waals surface area contributed by atoms with E-state index in [1.165, 1.54) is 9.20 Å². The van der Waals surface area contributed by atoms with Crippen molar-refractivity contribution >= 4 is 39.1 Å². The summed E-state index contributed by atoms with van der Waals surface area (Å²) in [6.07, 6.45) is 0.175. The molecular weight excluding hydrogens is 432 g/mol. The lowest BCUT2D eigenvalue weighted by Crippen LogP contribution is -2.48. The first-order valence-electron chi connectivity index (χ1n) is 9.71. The first-order valence-corrected chi connectivity index (χ1v) is 12.5. The summed E-state index contributed by atoms with van der Waals surface area (Å²) in [5.74, 6) is 0.798. The average Bonchev–Trinajstić information content (AvgIpc) is 2.78. The Kier molecular flexibility index (Phi) is 6.20. The van der Waals surface area contributed by atoms with Gasteiger partial charge < -0.3 is 10.1 Å². The summed E-state index contributed by atoms with van der Waals surface area (Å²) in [5, 5.41) is 2.82. The van der Waals surface area contributed by atoms with Crippen molar-refractivity contribution in [1.82, 2.24) is 0 Å². The van der Waals surface area contributed by atoms with Crippen LogP contribution in [0.15, 0.2) is 83.8 Å². The van der Waals surface area contributed by atoms with Crippen LogP contribution < -0.4 is 14.4 Å². The second kappa shape index (κ2) is 9.03. The number of benzene rings is 3. The Bertz CT molecular complexity index is 1170. The number of anilines is 2. The molecule has 3 aromatic carbocycles. The molecule has 0 saturated carbocycles. The third-order valence-electron chi connectivity index (χ3n) is 4.80. The van der Waals surface area contributed by atoms with Gasteiger partial charge in [0, 0.05) is 16.3 Å². The lowest BCUT2D eigenvalue weighted by Gasteiger charge is -2.33. The van der Waals surface area contributed by atoms with E-state index in [0.29, 0.717) is 17.1 Å². The number of fused-ring (bicyclic) bond motifs is 1. The molecule has 0 unspecified atom stereocenters. The van der Waals surface area contributed by atoms with E-state index in [1.54, 1.807) is 36.0 Å². The van der Waals surface area contributed by atoms with Gasteiger partial charge in [-0.05, 0) is 42.0 Å². The van der Waals surface area contributed by atoms with Crippen molar-refractivity contribution in [3.05, 3.63) is 84.4 Å². The third-order valence-corrected chi connectivity index (χ3v) is 7.03. The van der Waals surface area contributed by atoms with Gasteiger partial charge >= 0.3 is 0 Å². The second-order valence-electron chi connectivity index (χ2n) is 7.16. The van der Waals surface area contributed by atoms with Crippen molar-refractivity contribution in [1.29, 1.82) is 0 Å². The highest BCUT2D eigenvalue weighted by atomic mass is 32.2. The summed E-state index contributed by atoms with van der Waals surface area (Å²) in [6.45, 7) is -0.0759. The van der Waals surface area contributed by atoms with Crippen LogP contribution in [0.3, 0.4) is 0 Å². The molecule has 1 aliphatic heterocycles. The Hall–Kier alpha value is -2.97. The van der Waals surface area contributed by atoms with E-state index in [4.69, 9.17) is 4.74 Å². The summed E-state index contributed by atoms with van der Waals surface area (Å²) >= 11 is 1.74. The molecule has 1 heterocycles. The number of amides is 1. The number of ether oxygens (including phenoxy) is 1. The van der Waals surface area contributed by atoms with Gasteiger partial charge in [0.1, 0.15) is 5.75 Å². The van der Waals surface area contributed by atoms with E-state index >= 15 is 0 Å². The second-order valence-corrected chi connectivity index (χ2v) is 10.1. The molecular formula is C23H22N2O4S2. The van der Waals surface area contributed by atoms with Gasteiger partial charge in [-0.1, -0.05) is 42.5 Å². The topological polar surface area (TPSA) is 75.7 Å². The fourth-order valence-corrected chi connectivity index (χ4v) is 5.03. The van der Waals surface area contributed by atoms with Gasteiger partial charge in [-0.15, -0.1) is 11.8 Å². The molecule has 1 atom stereocenters. The summed E-state index contributed by atoms with van der Waals surface area (Å²) in [4.78, 5) is 14.0. The monoisotopic (exact) mass is 454 g/mol. The number of hydrogen-bond acceptors (Lipinski definition) is 5. The van der Waals surface area contributed by atoms with E-state index in [1.807, 2.05) is 42.5 Å². The number of sulfonamides is 1. The standard InChI is InChI=1S/C23H22N2O4S2/c1-31(27,28)25-15-22(29-21-10-6-5-9-20(21)25)23(26)24-18-13-11-17(12-14-18)16-30-19-7-3-2-4-8-19/h2-14,22H,15-16H2,1H3,(H,24,26)/t22-/m1/s1. The number of thioether (sulfide) groups is 1. The molecule has 0 saturated heterocycles. The molecule has 4 rings (SSSR count). The van der Waals surface area contributed by atoms with Gasteiger partial charge in [0.25, 0.3) is 5.91 Å². The lowest BCUT2D eigenvalue weighted by molar-refractivity contribution is -0.122. The predicted molar refractivity (Wildman–Crippen MR) is 124 cm³/mol. The van der Waals surface area contributed by atoms with Crippen molar-refractivity contribution in [3.8, 4) is 5.75 Å². The van der Waals surface area contributed by atoms with Crippen LogP contribution in [0, 0.1) is 0 Å². The number of hydrogen-bond donors (Lipinski definition) is 1. The zero-order chi connectivity index (χ0) is 21.8. The van der Waals surface area contributed by atoms with Gasteiger partial charge in [-0.25, -0.2) is 8.42 Å². The van der Waals surface area contributed by atoms with Crippen LogP contribution in [0.5, 0.6) is 5.75 Å². The number of nitrogens with zero attached hydrogens (tertiary/aromatic N) is 1. The maximum Gasteiger partial charge on any atom is 0.267 e. The molecule has 6 nitrogen and oxygen atoms in total. The van der Waals surface area contributed by atoms with Crippen LogP contribution in [-0.2, 0) is 20.6 Å². The van der Waals surface area contributed by atoms with Crippen molar-refractivity contribution < 1.29 is 17.9 Å². The Labute approximate surface area is 186 Å². The number of rotatable bonds is 6. The minimum absolute atomic E-state index is 0.0759. The minimum atomic E-state index is -3.54. The third kappa shape index (κ3) is 5.21. The smallest absolute Gasteiger partial charge is 0.267 e. The van der Waals surface area contributed by atoms with Gasteiger partial charge in [0.15, 0.2) is 6.10 Å². The van der Waals surface area contributed by atoms with Crippen LogP contribution in [0.4, 0.5) is 11.4 Å². The lowest BCUT2D eigenvalue weighted by atomic mass is 10.2. The maximum atomic E-state index is 12.8. The number of para-hydroxylation sites is 2. The van der Waals surface area contributed by atoms with Gasteiger partial charge in [0.2, 0.25) is 10.0 Å². The van der Waals surface area contributed by atoms with E-state index in [-0.39, 0.29) is 6.54 Å². The highest BCUT2D eigenvalue weighted by molar-refractivity contribution is 7.98. The fourth-order valence-electron chi connectivity index (χ4n) is 3.24. The quantitative estimate of drug-likeness (QED) is 0.567. The number of carbonyl (C=O) groups is 1. The summed E-state index contributed by atoms with van der Waals surface area (Å²) < 4.78 is 31.4. The van der Waals surface area contributed by atoms with Gasteiger partial charge in [-0.3, -0.25) is 9.10 Å². The van der Waals surface area contributed by atoms with Gasteiger partial charge in [0.05, 0.1) is 18.5 Å². The van der Waals surface area contributed by atoms with E-state index in [9.17, 15) is 13.2 Å². The number of carbonyl (C=O) groups excluding carboxylic acids is 1. The Morgan fingerprint density at radius 3 is 2.42 bits per heavy atom. The Balaban J connectivity index is 1.41. The fraction of sp³-hybridized carbons (Fsp3) is 0.174. The van der Waals surface area contributed by atoms with E-state index in [0.717, 1.165) is 17.6 Å². The van der Waals surface area contributed by atoms with Crippen LogP contribution in [0.25, 0.3) is 0 Å². The summed E-state index contributed by atoms with van der Waals surface area (Å²) in [6, 6.07) is 24.6. The molecule has 3 aromatic rings. The predicted octanol–water partition coefficient (Wildman–Crippen LogP) is 4.14. The van der Waals surface area contributed by atoms with E-state index < -0.39 is 22.0 Å². The van der Waals surface area contributed by atoms with Crippen molar-refractivity contribution in [2.45, 2.75) is 16.8 Å². The molecule has 1 amide bonds. The molecule has 0 radical (unpaired) electrons. The van der Waals surface area contributed by atoms with Crippen molar-refractivity contribution in [2.24, 2.45) is 0 Å². The van der Waals surface area contributed by atoms with Gasteiger partial charge in [-0.2, -0.15) is 0 Å². The Morgan fingerprint density at radius 2 is 1.71 bits per heavy atom. The summed E-state index contributed by atoms with van der Waals surface area (Å²) in [5.41, 5.74) is 2.21. The molecule has 8 heteroatoms. The molecule has 1 N–H and O–H groups in total. The molecule has 0 spiro atoms. The molecule has 0 fully saturated rings. The highest BCUT2D eigenvalue weighted by Crippen LogP contribution is 2.34. The SMILES string of the molecule is CS(=O)(=O)N1C[C@H](C(=O)Nc2ccc(CSc3ccccc3)cc2)Oc2ccccc21. The molecule has 31 heavy (non-hydrogen) atoms. The molecule has 0 aliphatic carbocycles. The number of nitrogens with one attached hydrogen (secondary N) is 1. The highest BCUT2D eigenvalue weighted by Gasteiger charge is 2.34. The van der Waals surface area contributed by atoms with Crippen molar-refractivity contribution in [3.63, 3.8) is 0 Å². The largest absolute Gasteiger partial charge is 0.476 e. The molecule has 1 aliphatic rings. The molecule has 160 valence electrons. The van der Waals surface area contributed by atoms with Crippen LogP contribution >= 0.6 is 11.8 Å². The zero-order valence-corrected chi connectivity index (χ0v) is 18.5. The first-order chi connectivity index (χ1) is 14.9. The zero-order valence-electron chi connectivity index (χ0n) is 16.9. The maximum absolute atomic E-state index is 12.8. The van der Waals surface area contributed by atoms with Crippen LogP contribution in [0.1, 0.15) is 5.56 Å². The summed E-state index contributed by atoms with van der Waals surface area (Å²) in [7, 11) is -3.54. The molecule has 0 aromatic heterocycles. The normalized spacial score (nSPS) is 15.6. The van der Waals surface area contributed by atoms with Crippen LogP contribution in [-0.4, -0.2) is 33.2 Å². The first kappa shape index (κ1) is 21.3. The minimum Gasteiger partial charge on any atom is -0.476 e.